The number of hydrogen-bond donors (Lipinski definition) is 1. The molecule has 2 aliphatic heterocycles. The number of piperidine rings is 1. The topological polar surface area (TPSA) is 80.5 Å². The summed E-state index contributed by atoms with van der Waals surface area (Å²) >= 11 is 0. The second-order valence-corrected chi connectivity index (χ2v) is 7.11. The van der Waals surface area contributed by atoms with Gasteiger partial charge in [-0.3, -0.25) is 9.69 Å². The summed E-state index contributed by atoms with van der Waals surface area (Å²) in [6.07, 6.45) is -3.51. The first-order chi connectivity index (χ1) is 13.2. The lowest BCUT2D eigenvalue weighted by Crippen LogP contribution is -2.51. The van der Waals surface area contributed by atoms with E-state index >= 15 is 0 Å². The average Bonchev–Trinajstić information content (AvgIpc) is 3.22. The van der Waals surface area contributed by atoms with Crippen molar-refractivity contribution in [1.29, 1.82) is 0 Å². The molecule has 1 unspecified atom stereocenters. The minimum atomic E-state index is -4.38. The van der Waals surface area contributed by atoms with Crippen LogP contribution in [0.3, 0.4) is 0 Å². The number of aromatic nitrogens is 2. The van der Waals surface area contributed by atoms with Gasteiger partial charge in [-0.1, -0.05) is 17.3 Å². The van der Waals surface area contributed by atoms with Gasteiger partial charge in [0.15, 0.2) is 0 Å². The molecule has 1 aromatic carbocycles. The number of amides is 1. The third-order valence-electron chi connectivity index (χ3n) is 5.08. The SMILES string of the molecule is CC1OC2(CCN(Cc3nc(-c4ccc(C(F)(F)F)cc4)no3)CC2)NC1=O. The highest BCUT2D eigenvalue weighted by Gasteiger charge is 2.45. The Morgan fingerprint density at radius 1 is 1.25 bits per heavy atom. The van der Waals surface area contributed by atoms with Crippen LogP contribution in [0.4, 0.5) is 13.2 Å². The Balaban J connectivity index is 1.36. The fourth-order valence-electron chi connectivity index (χ4n) is 3.50. The molecule has 1 amide bonds. The van der Waals surface area contributed by atoms with Crippen LogP contribution in [-0.4, -0.2) is 45.9 Å². The maximum atomic E-state index is 12.7. The van der Waals surface area contributed by atoms with Crippen LogP contribution < -0.4 is 5.32 Å². The molecule has 28 heavy (non-hydrogen) atoms. The van der Waals surface area contributed by atoms with E-state index in [2.05, 4.69) is 20.4 Å². The Kier molecular flexibility index (Phi) is 4.62. The van der Waals surface area contributed by atoms with Gasteiger partial charge < -0.3 is 14.6 Å². The summed E-state index contributed by atoms with van der Waals surface area (Å²) in [5.74, 6) is 0.541. The molecule has 1 spiro atoms. The number of nitrogens with one attached hydrogen (secondary N) is 1. The fourth-order valence-corrected chi connectivity index (χ4v) is 3.50. The first kappa shape index (κ1) is 18.9. The number of rotatable bonds is 3. The van der Waals surface area contributed by atoms with Crippen molar-refractivity contribution < 1.29 is 27.2 Å². The van der Waals surface area contributed by atoms with Gasteiger partial charge in [0.1, 0.15) is 11.8 Å². The van der Waals surface area contributed by atoms with Crippen LogP contribution in [0, 0.1) is 0 Å². The smallest absolute Gasteiger partial charge is 0.343 e. The van der Waals surface area contributed by atoms with E-state index in [1.54, 1.807) is 6.92 Å². The molecular weight excluding hydrogens is 377 g/mol. The van der Waals surface area contributed by atoms with Crippen molar-refractivity contribution in [3.8, 4) is 11.4 Å². The Morgan fingerprint density at radius 3 is 2.50 bits per heavy atom. The Bertz CT molecular complexity index is 858. The molecule has 150 valence electrons. The summed E-state index contributed by atoms with van der Waals surface area (Å²) < 4.78 is 49.0. The van der Waals surface area contributed by atoms with E-state index in [0.29, 0.717) is 43.9 Å². The van der Waals surface area contributed by atoms with Crippen molar-refractivity contribution in [1.82, 2.24) is 20.4 Å². The second kappa shape index (κ2) is 6.85. The monoisotopic (exact) mass is 396 g/mol. The number of ether oxygens (including phenoxy) is 1. The molecule has 7 nitrogen and oxygen atoms in total. The number of benzene rings is 1. The zero-order valence-electron chi connectivity index (χ0n) is 15.1. The Labute approximate surface area is 158 Å². The highest BCUT2D eigenvalue weighted by atomic mass is 19.4. The molecule has 1 aromatic heterocycles. The van der Waals surface area contributed by atoms with Gasteiger partial charge in [0, 0.05) is 31.5 Å². The number of carbonyl (C=O) groups excluding carboxylic acids is 1. The van der Waals surface area contributed by atoms with Crippen LogP contribution in [0.1, 0.15) is 31.2 Å². The molecule has 1 N–H and O–H groups in total. The molecule has 0 saturated carbocycles. The maximum Gasteiger partial charge on any atom is 0.416 e. The number of nitrogens with zero attached hydrogens (tertiary/aromatic N) is 3. The van der Waals surface area contributed by atoms with Gasteiger partial charge in [0.25, 0.3) is 5.91 Å². The Hall–Kier alpha value is -2.46. The zero-order chi connectivity index (χ0) is 19.9. The summed E-state index contributed by atoms with van der Waals surface area (Å²) in [7, 11) is 0. The van der Waals surface area contributed by atoms with Gasteiger partial charge in [-0.15, -0.1) is 0 Å². The number of likely N-dealkylation sites (tertiary alicyclic amines) is 1. The first-order valence-electron chi connectivity index (χ1n) is 8.97. The predicted octanol–water partition coefficient (Wildman–Crippen LogP) is 2.58. The summed E-state index contributed by atoms with van der Waals surface area (Å²) in [6, 6.07) is 4.63. The van der Waals surface area contributed by atoms with Crippen LogP contribution in [0.2, 0.25) is 0 Å². The predicted molar refractivity (Wildman–Crippen MR) is 90.7 cm³/mol. The summed E-state index contributed by atoms with van der Waals surface area (Å²) in [4.78, 5) is 18.1. The van der Waals surface area contributed by atoms with E-state index in [0.717, 1.165) is 12.1 Å². The summed E-state index contributed by atoms with van der Waals surface area (Å²) in [5.41, 5.74) is -0.859. The third-order valence-corrected chi connectivity index (χ3v) is 5.08. The van der Waals surface area contributed by atoms with E-state index in [1.165, 1.54) is 12.1 Å². The largest absolute Gasteiger partial charge is 0.416 e. The van der Waals surface area contributed by atoms with E-state index in [-0.39, 0.29) is 11.7 Å². The number of carbonyl (C=O) groups is 1. The van der Waals surface area contributed by atoms with Crippen LogP contribution in [0.25, 0.3) is 11.4 Å². The van der Waals surface area contributed by atoms with E-state index < -0.39 is 23.6 Å². The normalized spacial score (nSPS) is 22.6. The van der Waals surface area contributed by atoms with Crippen LogP contribution in [0.15, 0.2) is 28.8 Å². The molecule has 10 heteroatoms. The summed E-state index contributed by atoms with van der Waals surface area (Å²) in [5, 5.41) is 6.78. The van der Waals surface area contributed by atoms with Crippen LogP contribution >= 0.6 is 0 Å². The lowest BCUT2D eigenvalue weighted by Gasteiger charge is -2.37. The highest BCUT2D eigenvalue weighted by molar-refractivity contribution is 5.82. The highest BCUT2D eigenvalue weighted by Crippen LogP contribution is 2.31. The van der Waals surface area contributed by atoms with Gasteiger partial charge in [-0.2, -0.15) is 18.2 Å². The van der Waals surface area contributed by atoms with Crippen LogP contribution in [-0.2, 0) is 22.3 Å². The van der Waals surface area contributed by atoms with Crippen molar-refractivity contribution in [3.63, 3.8) is 0 Å². The lowest BCUT2D eigenvalue weighted by molar-refractivity contribution is -0.137. The standard InChI is InChI=1S/C18H19F3N4O3/c1-11-16(26)23-17(27-11)6-8-25(9-7-17)10-14-22-15(24-28-14)12-2-4-13(5-3-12)18(19,20)21/h2-5,11H,6-10H2,1H3,(H,23,26). The van der Waals surface area contributed by atoms with Crippen molar-refractivity contribution >= 4 is 5.91 Å². The molecule has 2 saturated heterocycles. The molecule has 2 aromatic rings. The molecule has 2 fully saturated rings. The van der Waals surface area contributed by atoms with E-state index in [4.69, 9.17) is 9.26 Å². The van der Waals surface area contributed by atoms with Crippen molar-refractivity contribution in [2.24, 2.45) is 0 Å². The maximum absolute atomic E-state index is 12.7. The van der Waals surface area contributed by atoms with Gasteiger partial charge in [0.05, 0.1) is 12.1 Å². The van der Waals surface area contributed by atoms with Gasteiger partial charge in [0.2, 0.25) is 11.7 Å². The van der Waals surface area contributed by atoms with Crippen molar-refractivity contribution in [3.05, 3.63) is 35.7 Å². The zero-order valence-corrected chi connectivity index (χ0v) is 15.1. The quantitative estimate of drug-likeness (QED) is 0.859. The number of halogens is 3. The van der Waals surface area contributed by atoms with Gasteiger partial charge in [-0.05, 0) is 19.1 Å². The Morgan fingerprint density at radius 2 is 1.93 bits per heavy atom. The van der Waals surface area contributed by atoms with Crippen molar-refractivity contribution in [2.45, 2.75) is 44.3 Å². The first-order valence-corrected chi connectivity index (χ1v) is 8.97. The van der Waals surface area contributed by atoms with Crippen LogP contribution in [0.5, 0.6) is 0 Å². The molecule has 0 radical (unpaired) electrons. The minimum Gasteiger partial charge on any atom is -0.343 e. The summed E-state index contributed by atoms with van der Waals surface area (Å²) in [6.45, 7) is 3.53. The van der Waals surface area contributed by atoms with Gasteiger partial charge >= 0.3 is 6.18 Å². The molecule has 1 atom stereocenters. The molecule has 3 heterocycles. The van der Waals surface area contributed by atoms with Gasteiger partial charge in [-0.25, -0.2) is 0 Å². The minimum absolute atomic E-state index is 0.0912. The molecule has 0 aliphatic carbocycles. The molecule has 2 aliphatic rings. The molecular formula is C18H19F3N4O3. The second-order valence-electron chi connectivity index (χ2n) is 7.11. The average molecular weight is 396 g/mol. The number of alkyl halides is 3. The third kappa shape index (κ3) is 3.74. The fraction of sp³-hybridized carbons (Fsp3) is 0.500. The lowest BCUT2D eigenvalue weighted by atomic mass is 10.0. The van der Waals surface area contributed by atoms with E-state index in [9.17, 15) is 18.0 Å². The molecule has 0 bridgehead atoms. The van der Waals surface area contributed by atoms with Crippen molar-refractivity contribution in [2.75, 3.05) is 13.1 Å². The molecule has 4 rings (SSSR count). The number of hydrogen-bond acceptors (Lipinski definition) is 6. The van der Waals surface area contributed by atoms with E-state index in [1.807, 2.05) is 0 Å².